The molecular weight excluding hydrogens is 333 g/mol. The van der Waals surface area contributed by atoms with E-state index in [4.69, 9.17) is 0 Å². The Labute approximate surface area is 127 Å². The van der Waals surface area contributed by atoms with Crippen LogP contribution in [0.15, 0.2) is 42.6 Å². The summed E-state index contributed by atoms with van der Waals surface area (Å²) < 4.78 is 4.68. The number of nitrogens with zero attached hydrogens (tertiary/aromatic N) is 1. The molecule has 1 aromatic carbocycles. The molecule has 0 saturated carbocycles. The Morgan fingerprint density at radius 1 is 1.00 bits per heavy atom. The van der Waals surface area contributed by atoms with E-state index in [9.17, 15) is 0 Å². The van der Waals surface area contributed by atoms with E-state index >= 15 is 0 Å². The third-order valence-corrected chi connectivity index (χ3v) is 14.1. The van der Waals surface area contributed by atoms with Crippen LogP contribution in [0, 0.1) is 0 Å². The topological polar surface area (TPSA) is 3.24 Å². The number of benzene rings is 1. The summed E-state index contributed by atoms with van der Waals surface area (Å²) in [5.74, 6) is 0. The number of allylic oxidation sites excluding steroid dienone is 1. The average Bonchev–Trinajstić information content (AvgIpc) is 2.47. The van der Waals surface area contributed by atoms with Crippen molar-refractivity contribution in [2.24, 2.45) is 0 Å². The normalized spacial score (nSPS) is 10.9. The van der Waals surface area contributed by atoms with Gasteiger partial charge in [-0.25, -0.2) is 0 Å². The fourth-order valence-corrected chi connectivity index (χ4v) is 11.1. The fraction of sp³-hybridized carbons (Fsp3) is 0.529. The third kappa shape index (κ3) is 6.56. The second-order valence-corrected chi connectivity index (χ2v) is 14.3. The van der Waals surface area contributed by atoms with E-state index in [1.807, 2.05) is 0 Å². The summed E-state index contributed by atoms with van der Waals surface area (Å²) in [6, 6.07) is 11.3. The third-order valence-electron chi connectivity index (χ3n) is 3.72. The summed E-state index contributed by atoms with van der Waals surface area (Å²) in [6.07, 6.45) is 7.30. The number of hydrogen-bond donors (Lipinski definition) is 0. The molecule has 0 aliphatic heterocycles. The van der Waals surface area contributed by atoms with Crippen LogP contribution in [0.1, 0.15) is 33.6 Å². The summed E-state index contributed by atoms with van der Waals surface area (Å²) >= 11 is -1.49. The minimum atomic E-state index is -1.49. The molecule has 0 atom stereocenters. The van der Waals surface area contributed by atoms with Gasteiger partial charge in [0.2, 0.25) is 0 Å². The summed E-state index contributed by atoms with van der Waals surface area (Å²) in [6.45, 7) is 9.01. The molecule has 0 fully saturated rings. The zero-order valence-electron chi connectivity index (χ0n) is 12.8. The van der Waals surface area contributed by atoms with Crippen molar-refractivity contribution in [2.75, 3.05) is 13.1 Å². The van der Waals surface area contributed by atoms with Crippen LogP contribution in [-0.2, 0) is 0 Å². The molecule has 2 heteroatoms. The SMILES string of the molecule is CC[CH2][In]([CH2]CC=CN(CC)CC)[c]1ccccc1. The summed E-state index contributed by atoms with van der Waals surface area (Å²) in [4.78, 5) is 2.37. The first kappa shape index (κ1) is 16.7. The zero-order chi connectivity index (χ0) is 13.9. The molecule has 0 amide bonds. The predicted octanol–water partition coefficient (Wildman–Crippen LogP) is 4.04. The summed E-state index contributed by atoms with van der Waals surface area (Å²) in [7, 11) is 0. The Morgan fingerprint density at radius 3 is 2.26 bits per heavy atom. The molecule has 0 N–H and O–H groups in total. The number of rotatable bonds is 9. The molecule has 19 heavy (non-hydrogen) atoms. The molecule has 0 heterocycles. The standard InChI is InChI=1S/C8H16N.C6H5.C3H7.In/c1-4-7-8-9(5-2)6-3;1-2-4-6-5-3-1;1-3-2;/h7-8H,1,4-6H2,2-3H3;1-5H;1,3H2,2H3;. The van der Waals surface area contributed by atoms with Gasteiger partial charge in [0, 0.05) is 0 Å². The summed E-state index contributed by atoms with van der Waals surface area (Å²) in [5.41, 5.74) is 0. The monoisotopic (exact) mass is 361 g/mol. The van der Waals surface area contributed by atoms with E-state index in [1.165, 1.54) is 21.2 Å². The maximum atomic E-state index is 2.38. The van der Waals surface area contributed by atoms with Crippen LogP contribution in [0.2, 0.25) is 8.35 Å². The molecule has 1 aromatic rings. The van der Waals surface area contributed by atoms with Crippen molar-refractivity contribution in [3.05, 3.63) is 42.6 Å². The molecule has 0 spiro atoms. The van der Waals surface area contributed by atoms with Crippen LogP contribution in [-0.4, -0.2) is 39.4 Å². The molecule has 1 rings (SSSR count). The van der Waals surface area contributed by atoms with Crippen molar-refractivity contribution in [1.82, 2.24) is 4.90 Å². The van der Waals surface area contributed by atoms with Gasteiger partial charge in [-0.3, -0.25) is 0 Å². The van der Waals surface area contributed by atoms with Crippen LogP contribution in [0.5, 0.6) is 0 Å². The van der Waals surface area contributed by atoms with Crippen LogP contribution in [0.4, 0.5) is 0 Å². The van der Waals surface area contributed by atoms with E-state index < -0.39 is 21.4 Å². The minimum absolute atomic E-state index is 1.12. The van der Waals surface area contributed by atoms with Crippen molar-refractivity contribution >= 4 is 24.8 Å². The molecular formula is C17H28InN. The molecule has 104 valence electrons. The van der Waals surface area contributed by atoms with E-state index in [0.717, 1.165) is 13.1 Å². The van der Waals surface area contributed by atoms with E-state index in [1.54, 1.807) is 3.32 Å². The van der Waals surface area contributed by atoms with Gasteiger partial charge in [-0.05, 0) is 0 Å². The van der Waals surface area contributed by atoms with Gasteiger partial charge in [0.25, 0.3) is 0 Å². The van der Waals surface area contributed by atoms with Gasteiger partial charge in [0.05, 0.1) is 0 Å². The second kappa shape index (κ2) is 10.4. The first-order chi connectivity index (χ1) is 9.31. The van der Waals surface area contributed by atoms with Gasteiger partial charge >= 0.3 is 127 Å². The van der Waals surface area contributed by atoms with Crippen LogP contribution in [0.25, 0.3) is 0 Å². The second-order valence-electron chi connectivity index (χ2n) is 5.08. The Hall–Kier alpha value is -0.370. The zero-order valence-corrected chi connectivity index (χ0v) is 16.1. The Morgan fingerprint density at radius 2 is 1.68 bits per heavy atom. The van der Waals surface area contributed by atoms with E-state index in [2.05, 4.69) is 68.3 Å². The predicted molar refractivity (Wildman–Crippen MR) is 88.4 cm³/mol. The molecule has 0 aromatic heterocycles. The molecule has 0 aliphatic carbocycles. The summed E-state index contributed by atoms with van der Waals surface area (Å²) in [5, 5.41) is 0. The van der Waals surface area contributed by atoms with Crippen molar-refractivity contribution in [1.29, 1.82) is 0 Å². The van der Waals surface area contributed by atoms with Gasteiger partial charge in [-0.15, -0.1) is 0 Å². The van der Waals surface area contributed by atoms with Crippen LogP contribution < -0.4 is 3.32 Å². The fourth-order valence-electron chi connectivity index (χ4n) is 2.51. The van der Waals surface area contributed by atoms with Gasteiger partial charge < -0.3 is 0 Å². The first-order valence-corrected chi connectivity index (χ1v) is 14.1. The van der Waals surface area contributed by atoms with Crippen LogP contribution in [0.3, 0.4) is 0 Å². The van der Waals surface area contributed by atoms with Crippen LogP contribution >= 0.6 is 0 Å². The Balaban J connectivity index is 2.47. The molecule has 0 aliphatic rings. The van der Waals surface area contributed by atoms with Gasteiger partial charge in [0.15, 0.2) is 0 Å². The average molecular weight is 361 g/mol. The Kier molecular flexibility index (Phi) is 9.15. The molecule has 0 unspecified atom stereocenters. The van der Waals surface area contributed by atoms with Gasteiger partial charge in [0.1, 0.15) is 0 Å². The molecule has 0 saturated heterocycles. The Bertz CT molecular complexity index is 344. The molecule has 0 radical (unpaired) electrons. The molecule has 0 bridgehead atoms. The van der Waals surface area contributed by atoms with Crippen molar-refractivity contribution < 1.29 is 0 Å². The van der Waals surface area contributed by atoms with E-state index in [-0.39, 0.29) is 0 Å². The van der Waals surface area contributed by atoms with Crippen molar-refractivity contribution in [2.45, 2.75) is 42.0 Å². The molecule has 1 nitrogen and oxygen atoms in total. The van der Waals surface area contributed by atoms with Crippen molar-refractivity contribution in [3.8, 4) is 0 Å². The van der Waals surface area contributed by atoms with Crippen molar-refractivity contribution in [3.63, 3.8) is 0 Å². The van der Waals surface area contributed by atoms with Gasteiger partial charge in [-0.1, -0.05) is 0 Å². The maximum absolute atomic E-state index is 2.38. The van der Waals surface area contributed by atoms with E-state index in [0.29, 0.717) is 0 Å². The first-order valence-electron chi connectivity index (χ1n) is 7.77. The quantitative estimate of drug-likeness (QED) is 0.642. The number of hydrogen-bond acceptors (Lipinski definition) is 1. The van der Waals surface area contributed by atoms with Gasteiger partial charge in [-0.2, -0.15) is 0 Å².